The van der Waals surface area contributed by atoms with E-state index in [4.69, 9.17) is 4.74 Å². The van der Waals surface area contributed by atoms with Gasteiger partial charge in [-0.05, 0) is 37.1 Å². The fourth-order valence-corrected chi connectivity index (χ4v) is 4.88. The molecule has 8 nitrogen and oxygen atoms in total. The van der Waals surface area contributed by atoms with Crippen molar-refractivity contribution in [3.63, 3.8) is 0 Å². The van der Waals surface area contributed by atoms with Crippen molar-refractivity contribution in [2.24, 2.45) is 0 Å². The van der Waals surface area contributed by atoms with Gasteiger partial charge in [0.15, 0.2) is 16.6 Å². The number of fused-ring (bicyclic) bond motifs is 2. The summed E-state index contributed by atoms with van der Waals surface area (Å²) in [5.74, 6) is 1.23. The number of benzene rings is 2. The van der Waals surface area contributed by atoms with Gasteiger partial charge in [0.2, 0.25) is 5.91 Å². The maximum absolute atomic E-state index is 13.1. The van der Waals surface area contributed by atoms with Gasteiger partial charge in [0.05, 0.1) is 18.4 Å². The number of anilines is 1. The number of nitrogens with one attached hydrogen (secondary N) is 1. The van der Waals surface area contributed by atoms with Crippen molar-refractivity contribution in [1.82, 2.24) is 19.6 Å². The Morgan fingerprint density at radius 3 is 2.81 bits per heavy atom. The number of carbonyl (C=O) groups is 1. The summed E-state index contributed by atoms with van der Waals surface area (Å²) in [4.78, 5) is 36.1. The van der Waals surface area contributed by atoms with E-state index in [-0.39, 0.29) is 23.3 Å². The molecule has 1 atom stereocenters. The van der Waals surface area contributed by atoms with Crippen LogP contribution in [0.2, 0.25) is 0 Å². The predicted octanol–water partition coefficient (Wildman–Crippen LogP) is 3.16. The Bertz CT molecular complexity index is 1380. The molecule has 0 bridgehead atoms. The molecule has 0 aliphatic carbocycles. The molecule has 3 heterocycles. The van der Waals surface area contributed by atoms with Gasteiger partial charge in [0, 0.05) is 17.8 Å². The van der Waals surface area contributed by atoms with Crippen LogP contribution in [0.1, 0.15) is 12.5 Å². The first-order valence-electron chi connectivity index (χ1n) is 10.2. The Kier molecular flexibility index (Phi) is 5.18. The number of aromatic amines is 1. The largest absolute Gasteiger partial charge is 0.496 e. The number of methoxy groups -OCH3 is 1. The highest BCUT2D eigenvalue weighted by Crippen LogP contribution is 2.33. The Morgan fingerprint density at radius 1 is 1.19 bits per heavy atom. The zero-order valence-electron chi connectivity index (χ0n) is 17.6. The fraction of sp³-hybridized carbons (Fsp3) is 0.217. The molecular formula is C23H21N5O3S. The second-order valence-corrected chi connectivity index (χ2v) is 8.52. The van der Waals surface area contributed by atoms with Gasteiger partial charge < -0.3 is 9.64 Å². The quantitative estimate of drug-likeness (QED) is 0.473. The number of rotatable bonds is 5. The van der Waals surface area contributed by atoms with E-state index in [1.807, 2.05) is 47.4 Å². The van der Waals surface area contributed by atoms with E-state index >= 15 is 0 Å². The summed E-state index contributed by atoms with van der Waals surface area (Å²) in [7, 11) is 1.58. The zero-order chi connectivity index (χ0) is 22.2. The van der Waals surface area contributed by atoms with E-state index in [0.29, 0.717) is 27.9 Å². The number of amides is 1. The summed E-state index contributed by atoms with van der Waals surface area (Å²) in [6.45, 7) is 2.05. The molecule has 1 unspecified atom stereocenters. The van der Waals surface area contributed by atoms with E-state index < -0.39 is 0 Å². The van der Waals surface area contributed by atoms with Crippen LogP contribution in [-0.2, 0) is 11.2 Å². The Morgan fingerprint density at radius 2 is 1.97 bits per heavy atom. The lowest BCUT2D eigenvalue weighted by atomic mass is 10.1. The minimum Gasteiger partial charge on any atom is -0.496 e. The summed E-state index contributed by atoms with van der Waals surface area (Å²) in [5.41, 5.74) is 2.99. The molecule has 0 saturated heterocycles. The summed E-state index contributed by atoms with van der Waals surface area (Å²) in [6.07, 6.45) is 0.840. The number of nitrogens with zero attached hydrogens (tertiary/aromatic N) is 4. The van der Waals surface area contributed by atoms with Gasteiger partial charge in [-0.15, -0.1) is 0 Å². The van der Waals surface area contributed by atoms with Crippen molar-refractivity contribution in [2.75, 3.05) is 17.8 Å². The second kappa shape index (κ2) is 8.16. The van der Waals surface area contributed by atoms with Crippen LogP contribution < -0.4 is 15.2 Å². The van der Waals surface area contributed by atoms with Crippen molar-refractivity contribution in [1.29, 1.82) is 0 Å². The fourth-order valence-electron chi connectivity index (χ4n) is 4.07. The van der Waals surface area contributed by atoms with Crippen LogP contribution in [0.25, 0.3) is 17.0 Å². The number of hydrogen-bond donors (Lipinski definition) is 1. The first-order chi connectivity index (χ1) is 15.5. The molecule has 9 heteroatoms. The number of thioether (sulfide) groups is 1. The number of ether oxygens (including phenoxy) is 1. The molecule has 1 aliphatic heterocycles. The van der Waals surface area contributed by atoms with Gasteiger partial charge in [0.25, 0.3) is 5.56 Å². The molecule has 32 heavy (non-hydrogen) atoms. The highest BCUT2D eigenvalue weighted by atomic mass is 32.2. The first kappa shape index (κ1) is 20.3. The van der Waals surface area contributed by atoms with Crippen LogP contribution in [0.5, 0.6) is 5.75 Å². The van der Waals surface area contributed by atoms with E-state index in [2.05, 4.69) is 28.1 Å². The number of H-pyrrole nitrogens is 1. The molecule has 0 saturated carbocycles. The molecule has 162 valence electrons. The third kappa shape index (κ3) is 3.54. The average molecular weight is 448 g/mol. The predicted molar refractivity (Wildman–Crippen MR) is 123 cm³/mol. The molecule has 0 spiro atoms. The molecule has 1 N–H and O–H groups in total. The van der Waals surface area contributed by atoms with Gasteiger partial charge in [-0.1, -0.05) is 42.1 Å². The average Bonchev–Trinajstić information content (AvgIpc) is 3.35. The number of para-hydroxylation sites is 2. The van der Waals surface area contributed by atoms with Crippen LogP contribution >= 0.6 is 11.8 Å². The summed E-state index contributed by atoms with van der Waals surface area (Å²) >= 11 is 1.27. The van der Waals surface area contributed by atoms with Crippen molar-refractivity contribution >= 4 is 29.0 Å². The topological polar surface area (TPSA) is 92.6 Å². The van der Waals surface area contributed by atoms with Gasteiger partial charge >= 0.3 is 0 Å². The first-order valence-corrected chi connectivity index (χ1v) is 11.2. The molecule has 0 fully saturated rings. The van der Waals surface area contributed by atoms with Crippen LogP contribution in [-0.4, -0.2) is 44.4 Å². The van der Waals surface area contributed by atoms with Crippen molar-refractivity contribution < 1.29 is 9.53 Å². The molecular weight excluding hydrogens is 426 g/mol. The number of carbonyl (C=O) groups excluding carboxylic acids is 1. The van der Waals surface area contributed by atoms with Gasteiger partial charge in [-0.2, -0.15) is 0 Å². The van der Waals surface area contributed by atoms with Gasteiger partial charge in [0.1, 0.15) is 5.75 Å². The Hall–Kier alpha value is -3.59. The Labute approximate surface area is 188 Å². The normalized spacial score (nSPS) is 15.2. The van der Waals surface area contributed by atoms with Crippen LogP contribution in [0, 0.1) is 0 Å². The maximum atomic E-state index is 13.1. The number of aromatic nitrogens is 4. The standard InChI is InChI=1S/C23H21N5O3S/c1-14-11-15-7-3-5-9-17(15)27(14)21(30)13-32-23-25-22(16-8-4-6-10-18(16)31-2)24-19-12-20(29)26-28(19)23/h3-10,12,14H,11,13H2,1-2H3,(H,26,29). The van der Waals surface area contributed by atoms with Crippen molar-refractivity contribution in [3.8, 4) is 17.1 Å². The molecule has 2 aromatic carbocycles. The second-order valence-electron chi connectivity index (χ2n) is 7.58. The monoisotopic (exact) mass is 447 g/mol. The molecule has 1 amide bonds. The minimum absolute atomic E-state index is 0.00689. The maximum Gasteiger partial charge on any atom is 0.266 e. The van der Waals surface area contributed by atoms with E-state index in [0.717, 1.165) is 12.1 Å². The van der Waals surface area contributed by atoms with Crippen LogP contribution in [0.3, 0.4) is 0 Å². The van der Waals surface area contributed by atoms with E-state index in [1.54, 1.807) is 7.11 Å². The summed E-state index contributed by atoms with van der Waals surface area (Å²) in [5, 5.41) is 3.19. The van der Waals surface area contributed by atoms with Gasteiger partial charge in [-0.3, -0.25) is 14.7 Å². The van der Waals surface area contributed by atoms with E-state index in [1.165, 1.54) is 27.9 Å². The zero-order valence-corrected chi connectivity index (χ0v) is 18.4. The SMILES string of the molecule is COc1ccccc1-c1nc(SCC(=O)N2c3ccccc3CC2C)n2[nH]c(=O)cc2n1. The Balaban J connectivity index is 1.48. The van der Waals surface area contributed by atoms with Crippen LogP contribution in [0.4, 0.5) is 5.69 Å². The van der Waals surface area contributed by atoms with Crippen molar-refractivity contribution in [2.45, 2.75) is 24.5 Å². The molecule has 1 aliphatic rings. The van der Waals surface area contributed by atoms with Gasteiger partial charge in [-0.25, -0.2) is 14.5 Å². The molecule has 5 rings (SSSR count). The lowest BCUT2D eigenvalue weighted by Crippen LogP contribution is -2.37. The van der Waals surface area contributed by atoms with Crippen molar-refractivity contribution in [3.05, 3.63) is 70.5 Å². The van der Waals surface area contributed by atoms with Crippen LogP contribution in [0.15, 0.2) is 64.5 Å². The molecule has 0 radical (unpaired) electrons. The minimum atomic E-state index is -0.285. The van der Waals surface area contributed by atoms with E-state index in [9.17, 15) is 9.59 Å². The number of hydrogen-bond acceptors (Lipinski definition) is 6. The third-order valence-electron chi connectivity index (χ3n) is 5.47. The summed E-state index contributed by atoms with van der Waals surface area (Å²) < 4.78 is 6.96. The third-order valence-corrected chi connectivity index (χ3v) is 6.40. The summed E-state index contributed by atoms with van der Waals surface area (Å²) in [6, 6.07) is 16.9. The lowest BCUT2D eigenvalue weighted by molar-refractivity contribution is -0.116. The highest BCUT2D eigenvalue weighted by Gasteiger charge is 2.30. The smallest absolute Gasteiger partial charge is 0.266 e. The highest BCUT2D eigenvalue weighted by molar-refractivity contribution is 7.99. The molecule has 4 aromatic rings. The molecule has 2 aromatic heterocycles. The lowest BCUT2D eigenvalue weighted by Gasteiger charge is -2.22.